The number of urea groups is 1. The first-order valence-corrected chi connectivity index (χ1v) is 11.5. The van der Waals surface area contributed by atoms with Gasteiger partial charge in [-0.2, -0.15) is 10.1 Å². The number of benzene rings is 1. The third-order valence-corrected chi connectivity index (χ3v) is 5.37. The van der Waals surface area contributed by atoms with Crippen molar-refractivity contribution in [3.63, 3.8) is 0 Å². The van der Waals surface area contributed by atoms with Crippen molar-refractivity contribution in [2.45, 2.75) is 20.4 Å². The fraction of sp³-hybridized carbons (Fsp3) is 0.154. The van der Waals surface area contributed by atoms with Crippen molar-refractivity contribution in [1.29, 1.82) is 0 Å². The zero-order chi connectivity index (χ0) is 27.1. The van der Waals surface area contributed by atoms with Crippen molar-refractivity contribution in [1.82, 2.24) is 35.5 Å². The summed E-state index contributed by atoms with van der Waals surface area (Å²) in [6.45, 7) is 4.03. The van der Waals surface area contributed by atoms with E-state index in [9.17, 15) is 9.59 Å². The van der Waals surface area contributed by atoms with Crippen molar-refractivity contribution in [2.24, 2.45) is 0 Å². The number of anilines is 1. The normalized spacial score (nSPS) is 10.8. The highest BCUT2D eigenvalue weighted by molar-refractivity contribution is 5.91. The Labute approximate surface area is 218 Å². The molecule has 3 aromatic heterocycles. The van der Waals surface area contributed by atoms with Crippen molar-refractivity contribution >= 4 is 23.8 Å². The first-order valence-electron chi connectivity index (χ1n) is 11.5. The number of nitrogens with one attached hydrogen (secondary N) is 3. The zero-order valence-electron chi connectivity index (χ0n) is 21.0. The smallest absolute Gasteiger partial charge is 0.320 e. The molecule has 4 aromatic rings. The highest BCUT2D eigenvalue weighted by Crippen LogP contribution is 2.24. The SMILES string of the molecule is COc1cncc(-c2cc(NC(=O)NCc3ccc(/C=C/C(=O)NO)cc3)nc(-n3nc(C)cc3C)n2)c1. The monoisotopic (exact) mass is 514 g/mol. The summed E-state index contributed by atoms with van der Waals surface area (Å²) in [4.78, 5) is 37.2. The number of methoxy groups -OCH3 is 1. The molecule has 3 amide bonds. The molecule has 4 N–H and O–H groups in total. The fourth-order valence-corrected chi connectivity index (χ4v) is 3.54. The van der Waals surface area contributed by atoms with E-state index in [2.05, 4.69) is 30.7 Å². The molecular formula is C26H26N8O4. The molecular weight excluding hydrogens is 488 g/mol. The number of amides is 3. The number of carbonyl (C=O) groups excluding carboxylic acids is 2. The van der Waals surface area contributed by atoms with Gasteiger partial charge in [-0.25, -0.2) is 19.9 Å². The van der Waals surface area contributed by atoms with E-state index in [-0.39, 0.29) is 12.4 Å². The Balaban J connectivity index is 1.52. The first-order chi connectivity index (χ1) is 18.3. The number of pyridine rings is 1. The van der Waals surface area contributed by atoms with E-state index in [1.807, 2.05) is 32.0 Å². The van der Waals surface area contributed by atoms with Crippen LogP contribution in [-0.2, 0) is 11.3 Å². The number of rotatable bonds is 8. The van der Waals surface area contributed by atoms with E-state index in [1.165, 1.54) is 11.6 Å². The summed E-state index contributed by atoms with van der Waals surface area (Å²) in [5, 5.41) is 18.6. The van der Waals surface area contributed by atoms with E-state index in [4.69, 9.17) is 9.94 Å². The van der Waals surface area contributed by atoms with Crippen LogP contribution in [0.4, 0.5) is 10.6 Å². The minimum atomic E-state index is -0.621. The molecule has 0 bridgehead atoms. The minimum Gasteiger partial charge on any atom is -0.495 e. The van der Waals surface area contributed by atoms with Crippen molar-refractivity contribution < 1.29 is 19.5 Å². The molecule has 0 radical (unpaired) electrons. The minimum absolute atomic E-state index is 0.259. The summed E-state index contributed by atoms with van der Waals surface area (Å²) in [5.41, 5.74) is 6.01. The average molecular weight is 515 g/mol. The number of aromatic nitrogens is 5. The van der Waals surface area contributed by atoms with Gasteiger partial charge < -0.3 is 10.1 Å². The summed E-state index contributed by atoms with van der Waals surface area (Å²) in [6.07, 6.45) is 6.00. The van der Waals surface area contributed by atoms with Crippen LogP contribution in [0.25, 0.3) is 23.3 Å². The molecule has 0 aliphatic carbocycles. The van der Waals surface area contributed by atoms with Crippen molar-refractivity contribution in [3.05, 3.63) is 83.4 Å². The number of carbonyl (C=O) groups is 2. The number of hydrogen-bond donors (Lipinski definition) is 4. The lowest BCUT2D eigenvalue weighted by Crippen LogP contribution is -2.28. The number of hydroxylamine groups is 1. The molecule has 194 valence electrons. The molecule has 38 heavy (non-hydrogen) atoms. The molecule has 12 heteroatoms. The quantitative estimate of drug-likeness (QED) is 0.159. The second-order valence-corrected chi connectivity index (χ2v) is 8.25. The Morgan fingerprint density at radius 1 is 1.08 bits per heavy atom. The standard InChI is InChI=1S/C26H26N8O4/c1-16-10-17(2)34(32-16)25-29-22(20-11-21(38-3)15-27-14-20)12-23(30-25)31-26(36)28-13-19-6-4-18(5-7-19)8-9-24(35)33-37/h4-12,14-15,37H,13H2,1-3H3,(H,33,35)(H2,28,29,30,31,36)/b9-8+. The second kappa shape index (κ2) is 11.8. The van der Waals surface area contributed by atoms with Gasteiger partial charge in [0.15, 0.2) is 0 Å². The summed E-state index contributed by atoms with van der Waals surface area (Å²) in [6, 6.07) is 12.1. The lowest BCUT2D eigenvalue weighted by Gasteiger charge is -2.12. The molecule has 0 spiro atoms. The summed E-state index contributed by atoms with van der Waals surface area (Å²) in [5.74, 6) is 0.522. The third kappa shape index (κ3) is 6.56. The third-order valence-electron chi connectivity index (χ3n) is 5.37. The van der Waals surface area contributed by atoms with Gasteiger partial charge in [-0.1, -0.05) is 24.3 Å². The molecule has 1 aromatic carbocycles. The Morgan fingerprint density at radius 3 is 2.55 bits per heavy atom. The highest BCUT2D eigenvalue weighted by Gasteiger charge is 2.14. The number of ether oxygens (including phenoxy) is 1. The molecule has 0 saturated carbocycles. The van der Waals surface area contributed by atoms with Gasteiger partial charge >= 0.3 is 6.03 Å². The van der Waals surface area contributed by atoms with Gasteiger partial charge in [0.05, 0.1) is 24.7 Å². The van der Waals surface area contributed by atoms with Gasteiger partial charge in [0.1, 0.15) is 11.6 Å². The van der Waals surface area contributed by atoms with Gasteiger partial charge in [0, 0.05) is 36.1 Å². The molecule has 0 unspecified atom stereocenters. The predicted octanol–water partition coefficient (Wildman–Crippen LogP) is 3.19. The van der Waals surface area contributed by atoms with E-state index < -0.39 is 11.9 Å². The van der Waals surface area contributed by atoms with Crippen molar-refractivity contribution in [2.75, 3.05) is 12.4 Å². The van der Waals surface area contributed by atoms with Crippen molar-refractivity contribution in [3.8, 4) is 23.0 Å². The molecule has 0 saturated heterocycles. The van der Waals surface area contributed by atoms with Gasteiger partial charge in [-0.15, -0.1) is 0 Å². The number of nitrogens with zero attached hydrogens (tertiary/aromatic N) is 5. The summed E-state index contributed by atoms with van der Waals surface area (Å²) in [7, 11) is 1.55. The number of aryl methyl sites for hydroxylation is 2. The predicted molar refractivity (Wildman–Crippen MR) is 140 cm³/mol. The topological polar surface area (TPSA) is 156 Å². The van der Waals surface area contributed by atoms with Crippen LogP contribution in [-0.4, -0.2) is 49.0 Å². The first kappa shape index (κ1) is 26.0. The second-order valence-electron chi connectivity index (χ2n) is 8.25. The number of hydrogen-bond acceptors (Lipinski definition) is 8. The van der Waals surface area contributed by atoms with Crippen LogP contribution in [0, 0.1) is 13.8 Å². The van der Waals surface area contributed by atoms with Gasteiger partial charge in [0.2, 0.25) is 0 Å². The largest absolute Gasteiger partial charge is 0.495 e. The van der Waals surface area contributed by atoms with Crippen LogP contribution in [0.3, 0.4) is 0 Å². The maximum Gasteiger partial charge on any atom is 0.320 e. The average Bonchev–Trinajstić information content (AvgIpc) is 3.28. The Bertz CT molecular complexity index is 1480. The van der Waals surface area contributed by atoms with E-state index >= 15 is 0 Å². The molecule has 0 aliphatic rings. The van der Waals surface area contributed by atoms with Crippen LogP contribution in [0.15, 0.2) is 60.9 Å². The highest BCUT2D eigenvalue weighted by atomic mass is 16.5. The fourth-order valence-electron chi connectivity index (χ4n) is 3.54. The van der Waals surface area contributed by atoms with Gasteiger partial charge in [-0.05, 0) is 43.2 Å². The van der Waals surface area contributed by atoms with Crippen LogP contribution in [0.2, 0.25) is 0 Å². The lowest BCUT2D eigenvalue weighted by atomic mass is 10.1. The Morgan fingerprint density at radius 2 is 1.87 bits per heavy atom. The lowest BCUT2D eigenvalue weighted by molar-refractivity contribution is -0.124. The molecule has 0 fully saturated rings. The van der Waals surface area contributed by atoms with Crippen LogP contribution in [0.1, 0.15) is 22.5 Å². The molecule has 3 heterocycles. The Hall–Kier alpha value is -5.10. The van der Waals surface area contributed by atoms with Gasteiger partial charge in [0.25, 0.3) is 11.9 Å². The maximum absolute atomic E-state index is 12.7. The summed E-state index contributed by atoms with van der Waals surface area (Å²) < 4.78 is 6.89. The maximum atomic E-state index is 12.7. The molecule has 12 nitrogen and oxygen atoms in total. The van der Waals surface area contributed by atoms with E-state index in [0.717, 1.165) is 22.5 Å². The van der Waals surface area contributed by atoms with Crippen LogP contribution < -0.4 is 20.9 Å². The van der Waals surface area contributed by atoms with E-state index in [1.54, 1.807) is 54.5 Å². The molecule has 4 rings (SSSR count). The Kier molecular flexibility index (Phi) is 8.04. The zero-order valence-corrected chi connectivity index (χ0v) is 21.0. The van der Waals surface area contributed by atoms with E-state index in [0.29, 0.717) is 23.0 Å². The van der Waals surface area contributed by atoms with Crippen LogP contribution >= 0.6 is 0 Å². The summed E-state index contributed by atoms with van der Waals surface area (Å²) >= 11 is 0. The molecule has 0 atom stereocenters. The van der Waals surface area contributed by atoms with Gasteiger partial charge in [-0.3, -0.25) is 20.3 Å². The molecule has 0 aliphatic heterocycles. The van der Waals surface area contributed by atoms with Crippen LogP contribution in [0.5, 0.6) is 5.75 Å².